The van der Waals surface area contributed by atoms with Gasteiger partial charge in [0, 0.05) is 24.4 Å². The maximum absolute atomic E-state index is 13.9. The number of rotatable bonds is 8. The molecule has 0 fully saturated rings. The number of sulfonamides is 1. The number of ether oxygens (including phenoxy) is 1. The van der Waals surface area contributed by atoms with Crippen LogP contribution in [0.25, 0.3) is 11.1 Å². The predicted molar refractivity (Wildman–Crippen MR) is 138 cm³/mol. The van der Waals surface area contributed by atoms with Gasteiger partial charge < -0.3 is 4.74 Å². The quantitative estimate of drug-likeness (QED) is 0.275. The molecule has 0 spiro atoms. The zero-order chi connectivity index (χ0) is 28.3. The summed E-state index contributed by atoms with van der Waals surface area (Å²) in [6, 6.07) is 9.70. The fourth-order valence-corrected chi connectivity index (χ4v) is 4.78. The number of anilines is 3. The number of hydrogen-bond acceptors (Lipinski definition) is 7. The highest BCUT2D eigenvalue weighted by atomic mass is 35.5. The van der Waals surface area contributed by atoms with Crippen molar-refractivity contribution in [3.63, 3.8) is 0 Å². The van der Waals surface area contributed by atoms with Crippen molar-refractivity contribution in [3.05, 3.63) is 83.4 Å². The molecule has 0 atom stereocenters. The minimum Gasteiger partial charge on any atom is -0.495 e. The maximum atomic E-state index is 13.9. The molecule has 2 aromatic carbocycles. The number of methoxy groups -OCH3 is 1. The molecular formula is C25H19ClF3N5O4S. The van der Waals surface area contributed by atoms with Crippen LogP contribution in [0, 0.1) is 17.5 Å². The van der Waals surface area contributed by atoms with Crippen LogP contribution in [0.2, 0.25) is 5.02 Å². The van der Waals surface area contributed by atoms with Crippen LogP contribution in [-0.2, 0) is 14.8 Å². The van der Waals surface area contributed by atoms with Gasteiger partial charge in [0.25, 0.3) is 10.0 Å². The van der Waals surface area contributed by atoms with Gasteiger partial charge >= 0.3 is 0 Å². The summed E-state index contributed by atoms with van der Waals surface area (Å²) in [6.07, 6.45) is 2.46. The first-order chi connectivity index (χ1) is 18.6. The van der Waals surface area contributed by atoms with E-state index in [2.05, 4.69) is 19.9 Å². The molecule has 1 amide bonds. The summed E-state index contributed by atoms with van der Waals surface area (Å²) in [5.41, 5.74) is 0.184. The van der Waals surface area contributed by atoms with E-state index in [1.165, 1.54) is 49.7 Å². The first-order valence-corrected chi connectivity index (χ1v) is 13.0. The zero-order valence-electron chi connectivity index (χ0n) is 20.3. The monoisotopic (exact) mass is 577 g/mol. The van der Waals surface area contributed by atoms with Gasteiger partial charge in [-0.3, -0.25) is 14.4 Å². The molecule has 0 saturated carbocycles. The van der Waals surface area contributed by atoms with E-state index in [9.17, 15) is 26.4 Å². The van der Waals surface area contributed by atoms with Crippen LogP contribution in [-0.4, -0.2) is 36.6 Å². The molecule has 14 heteroatoms. The molecule has 2 aromatic heterocycles. The molecule has 0 radical (unpaired) electrons. The van der Waals surface area contributed by atoms with Crippen LogP contribution in [0.1, 0.15) is 13.3 Å². The Morgan fingerprint density at radius 1 is 1.10 bits per heavy atom. The summed E-state index contributed by atoms with van der Waals surface area (Å²) in [5.74, 6) is -4.76. The molecule has 0 aliphatic heterocycles. The average molecular weight is 578 g/mol. The number of nitrogens with one attached hydrogen (secondary N) is 1. The minimum atomic E-state index is -4.06. The van der Waals surface area contributed by atoms with E-state index in [1.807, 2.05) is 0 Å². The number of aromatic nitrogens is 3. The highest BCUT2D eigenvalue weighted by molar-refractivity contribution is 7.92. The van der Waals surface area contributed by atoms with Crippen molar-refractivity contribution >= 4 is 44.9 Å². The summed E-state index contributed by atoms with van der Waals surface area (Å²) in [4.78, 5) is 18.1. The summed E-state index contributed by atoms with van der Waals surface area (Å²) >= 11 is 6.43. The lowest BCUT2D eigenvalue weighted by Gasteiger charge is -2.24. The summed E-state index contributed by atoms with van der Waals surface area (Å²) in [6.45, 7) is 1.60. The molecule has 202 valence electrons. The Morgan fingerprint density at radius 3 is 2.38 bits per heavy atom. The van der Waals surface area contributed by atoms with Gasteiger partial charge in [-0.1, -0.05) is 18.5 Å². The highest BCUT2D eigenvalue weighted by Crippen LogP contribution is 2.42. The average Bonchev–Trinajstić information content (AvgIpc) is 2.92. The van der Waals surface area contributed by atoms with Crippen LogP contribution in [0.5, 0.6) is 5.75 Å². The minimum absolute atomic E-state index is 0.00440. The van der Waals surface area contributed by atoms with Crippen molar-refractivity contribution in [2.45, 2.75) is 18.2 Å². The number of benzene rings is 2. The largest absolute Gasteiger partial charge is 0.495 e. The number of carbonyl (C=O) groups excluding carboxylic acids is 1. The van der Waals surface area contributed by atoms with Gasteiger partial charge in [-0.05, 0) is 54.1 Å². The Balaban J connectivity index is 1.75. The van der Waals surface area contributed by atoms with Gasteiger partial charge in [0.15, 0.2) is 23.3 Å². The van der Waals surface area contributed by atoms with E-state index in [0.29, 0.717) is 0 Å². The van der Waals surface area contributed by atoms with Crippen molar-refractivity contribution < 1.29 is 31.1 Å². The van der Waals surface area contributed by atoms with E-state index in [4.69, 9.17) is 16.3 Å². The second-order valence-electron chi connectivity index (χ2n) is 7.91. The fraction of sp³-hybridized carbons (Fsp3) is 0.120. The summed E-state index contributed by atoms with van der Waals surface area (Å²) < 4.78 is 74.3. The smallest absolute Gasteiger partial charge is 0.264 e. The lowest BCUT2D eigenvalue weighted by atomic mass is 10.0. The van der Waals surface area contributed by atoms with Gasteiger partial charge in [0.05, 0.1) is 17.8 Å². The Bertz CT molecular complexity index is 1620. The molecule has 4 rings (SSSR count). The molecule has 0 aliphatic carbocycles. The van der Waals surface area contributed by atoms with Crippen molar-refractivity contribution in [1.82, 2.24) is 15.2 Å². The predicted octanol–water partition coefficient (Wildman–Crippen LogP) is 5.49. The topological polar surface area (TPSA) is 114 Å². The first kappa shape index (κ1) is 27.8. The third-order valence-electron chi connectivity index (χ3n) is 5.43. The normalized spacial score (nSPS) is 11.2. The van der Waals surface area contributed by atoms with Crippen LogP contribution < -0.4 is 14.4 Å². The number of nitrogens with zero attached hydrogens (tertiary/aromatic N) is 4. The lowest BCUT2D eigenvalue weighted by Crippen LogP contribution is -2.26. The second-order valence-corrected chi connectivity index (χ2v) is 10.00. The van der Waals surface area contributed by atoms with E-state index in [1.54, 1.807) is 6.92 Å². The summed E-state index contributed by atoms with van der Waals surface area (Å²) in [5, 5.41) is 7.26. The van der Waals surface area contributed by atoms with Crippen LogP contribution in [0.3, 0.4) is 0 Å². The number of hydrogen-bond donors (Lipinski definition) is 1. The SMILES string of the molecule is CCC(=O)N(c1ccc(S(=O)(=O)Nc2cccnn2)cn1)c1cc(Cl)c(-c2cc(F)c(F)c(F)c2)cc1OC. The number of halogens is 4. The molecule has 0 aliphatic rings. The Kier molecular flexibility index (Phi) is 8.02. The van der Waals surface area contributed by atoms with Crippen LogP contribution >= 0.6 is 11.6 Å². The second kappa shape index (κ2) is 11.3. The van der Waals surface area contributed by atoms with Gasteiger partial charge in [-0.2, -0.15) is 5.10 Å². The maximum Gasteiger partial charge on any atom is 0.264 e. The lowest BCUT2D eigenvalue weighted by molar-refractivity contribution is -0.117. The van der Waals surface area contributed by atoms with Gasteiger partial charge in [-0.15, -0.1) is 5.10 Å². The number of amides is 1. The third-order valence-corrected chi connectivity index (χ3v) is 7.08. The molecule has 4 aromatic rings. The molecule has 0 bridgehead atoms. The number of carbonyl (C=O) groups is 1. The van der Waals surface area contributed by atoms with E-state index >= 15 is 0 Å². The van der Waals surface area contributed by atoms with Crippen molar-refractivity contribution in [2.24, 2.45) is 0 Å². The van der Waals surface area contributed by atoms with Crippen molar-refractivity contribution in [2.75, 3.05) is 16.7 Å². The summed E-state index contributed by atoms with van der Waals surface area (Å²) in [7, 11) is -2.76. The molecule has 9 nitrogen and oxygen atoms in total. The van der Waals surface area contributed by atoms with E-state index in [-0.39, 0.29) is 50.5 Å². The van der Waals surface area contributed by atoms with E-state index < -0.39 is 33.4 Å². The molecule has 0 saturated heterocycles. The Labute approximate surface area is 226 Å². The molecule has 2 heterocycles. The molecule has 0 unspecified atom stereocenters. The van der Waals surface area contributed by atoms with Gasteiger partial charge in [0.2, 0.25) is 5.91 Å². The molecular weight excluding hydrogens is 559 g/mol. The zero-order valence-corrected chi connectivity index (χ0v) is 21.9. The van der Waals surface area contributed by atoms with Crippen molar-refractivity contribution in [1.29, 1.82) is 0 Å². The molecule has 39 heavy (non-hydrogen) atoms. The van der Waals surface area contributed by atoms with E-state index in [0.717, 1.165) is 23.2 Å². The van der Waals surface area contributed by atoms with Crippen molar-refractivity contribution in [3.8, 4) is 16.9 Å². The third kappa shape index (κ3) is 5.78. The first-order valence-electron chi connectivity index (χ1n) is 11.2. The van der Waals surface area contributed by atoms with Gasteiger partial charge in [-0.25, -0.2) is 26.6 Å². The number of pyridine rings is 1. The fourth-order valence-electron chi connectivity index (χ4n) is 3.57. The Hall–Kier alpha value is -4.23. The van der Waals surface area contributed by atoms with Crippen LogP contribution in [0.4, 0.5) is 30.5 Å². The highest BCUT2D eigenvalue weighted by Gasteiger charge is 2.25. The Morgan fingerprint density at radius 2 is 1.82 bits per heavy atom. The van der Waals surface area contributed by atoms with Gasteiger partial charge in [0.1, 0.15) is 16.5 Å². The standard InChI is InChI=1S/C25H19ClF3N5O4S/c1-3-24(35)34(23-7-6-15(13-30-23)39(36,37)33-22-5-4-8-31-32-22)20-12-17(26)16(11-21(20)38-2)14-9-18(27)25(29)19(28)10-14/h4-13H,3H2,1-2H3,(H,32,33). The molecule has 1 N–H and O–H groups in total. The van der Waals surface area contributed by atoms with Crippen LogP contribution in [0.15, 0.2) is 65.8 Å².